The highest BCUT2D eigenvalue weighted by Gasteiger charge is 2.21. The number of anilines is 2. The average molecular weight is 310 g/mol. The molecule has 1 amide bonds. The molecule has 0 radical (unpaired) electrons. The SMILES string of the molecule is O=C(Nc1ccccc1N1CCC(CO)CC1)c1ccccc1. The van der Waals surface area contributed by atoms with Crippen LogP contribution in [0.2, 0.25) is 0 Å². The zero-order valence-electron chi connectivity index (χ0n) is 13.1. The van der Waals surface area contributed by atoms with E-state index in [1.807, 2.05) is 54.6 Å². The number of carbonyl (C=O) groups excluding carboxylic acids is 1. The Morgan fingerprint density at radius 1 is 1.04 bits per heavy atom. The van der Waals surface area contributed by atoms with Gasteiger partial charge in [-0.05, 0) is 43.0 Å². The summed E-state index contributed by atoms with van der Waals surface area (Å²) < 4.78 is 0. The van der Waals surface area contributed by atoms with Crippen LogP contribution < -0.4 is 10.2 Å². The van der Waals surface area contributed by atoms with Gasteiger partial charge in [-0.25, -0.2) is 0 Å². The number of nitrogens with one attached hydrogen (secondary N) is 1. The Hall–Kier alpha value is -2.33. The minimum Gasteiger partial charge on any atom is -0.396 e. The maximum atomic E-state index is 12.4. The third kappa shape index (κ3) is 3.71. The number of aliphatic hydroxyl groups is 1. The predicted molar refractivity (Wildman–Crippen MR) is 92.9 cm³/mol. The van der Waals surface area contributed by atoms with Crippen LogP contribution >= 0.6 is 0 Å². The average Bonchev–Trinajstić information content (AvgIpc) is 2.63. The van der Waals surface area contributed by atoms with Crippen molar-refractivity contribution in [2.45, 2.75) is 12.8 Å². The number of rotatable bonds is 4. The first kappa shape index (κ1) is 15.6. The van der Waals surface area contributed by atoms with E-state index in [1.165, 1.54) is 0 Å². The monoisotopic (exact) mass is 310 g/mol. The molecule has 120 valence electrons. The van der Waals surface area contributed by atoms with Crippen molar-refractivity contribution >= 4 is 17.3 Å². The molecular formula is C19H22N2O2. The van der Waals surface area contributed by atoms with Gasteiger partial charge in [0.2, 0.25) is 0 Å². The van der Waals surface area contributed by atoms with Crippen molar-refractivity contribution in [3.8, 4) is 0 Å². The molecule has 1 heterocycles. The van der Waals surface area contributed by atoms with Crippen LogP contribution in [0, 0.1) is 5.92 Å². The molecule has 2 N–H and O–H groups in total. The van der Waals surface area contributed by atoms with Gasteiger partial charge in [-0.1, -0.05) is 30.3 Å². The van der Waals surface area contributed by atoms with Gasteiger partial charge >= 0.3 is 0 Å². The molecule has 0 aromatic heterocycles. The van der Waals surface area contributed by atoms with Crippen molar-refractivity contribution in [2.75, 3.05) is 29.9 Å². The molecule has 0 bridgehead atoms. The van der Waals surface area contributed by atoms with Crippen molar-refractivity contribution in [3.63, 3.8) is 0 Å². The smallest absolute Gasteiger partial charge is 0.255 e. The molecule has 0 unspecified atom stereocenters. The molecule has 1 fully saturated rings. The van der Waals surface area contributed by atoms with Gasteiger partial charge in [-0.3, -0.25) is 4.79 Å². The summed E-state index contributed by atoms with van der Waals surface area (Å²) in [5, 5.41) is 12.3. The highest BCUT2D eigenvalue weighted by atomic mass is 16.3. The van der Waals surface area contributed by atoms with Crippen molar-refractivity contribution in [3.05, 3.63) is 60.2 Å². The van der Waals surface area contributed by atoms with E-state index in [2.05, 4.69) is 10.2 Å². The number of nitrogens with zero attached hydrogens (tertiary/aromatic N) is 1. The minimum atomic E-state index is -0.0942. The maximum Gasteiger partial charge on any atom is 0.255 e. The molecule has 4 nitrogen and oxygen atoms in total. The van der Waals surface area contributed by atoms with E-state index in [4.69, 9.17) is 0 Å². The lowest BCUT2D eigenvalue weighted by Gasteiger charge is -2.34. The van der Waals surface area contributed by atoms with Crippen molar-refractivity contribution < 1.29 is 9.90 Å². The fraction of sp³-hybridized carbons (Fsp3) is 0.316. The van der Waals surface area contributed by atoms with E-state index in [0.29, 0.717) is 11.5 Å². The number of piperidine rings is 1. The van der Waals surface area contributed by atoms with E-state index in [9.17, 15) is 9.90 Å². The Kier molecular flexibility index (Phi) is 4.93. The summed E-state index contributed by atoms with van der Waals surface area (Å²) in [6, 6.07) is 17.1. The summed E-state index contributed by atoms with van der Waals surface area (Å²) >= 11 is 0. The van der Waals surface area contributed by atoms with E-state index in [0.717, 1.165) is 37.3 Å². The molecule has 4 heteroatoms. The van der Waals surface area contributed by atoms with Crippen molar-refractivity contribution in [1.82, 2.24) is 0 Å². The lowest BCUT2D eigenvalue weighted by molar-refractivity contribution is 0.102. The van der Waals surface area contributed by atoms with Crippen LogP contribution in [0.4, 0.5) is 11.4 Å². The normalized spacial score (nSPS) is 15.4. The standard InChI is InChI=1S/C19H22N2O2/c22-14-15-10-12-21(13-11-15)18-9-5-4-8-17(18)20-19(23)16-6-2-1-3-7-16/h1-9,15,22H,10-14H2,(H,20,23). The zero-order valence-corrected chi connectivity index (χ0v) is 13.1. The van der Waals surface area contributed by atoms with Crippen molar-refractivity contribution in [1.29, 1.82) is 0 Å². The molecule has 1 saturated heterocycles. The van der Waals surface area contributed by atoms with Crippen molar-refractivity contribution in [2.24, 2.45) is 5.92 Å². The quantitative estimate of drug-likeness (QED) is 0.912. The Bertz CT molecular complexity index is 649. The second-order valence-corrected chi connectivity index (χ2v) is 5.95. The van der Waals surface area contributed by atoms with Gasteiger partial charge in [0.15, 0.2) is 0 Å². The summed E-state index contributed by atoms with van der Waals surface area (Å²) in [7, 11) is 0. The van der Waals surface area contributed by atoms with E-state index >= 15 is 0 Å². The first-order valence-corrected chi connectivity index (χ1v) is 8.09. The molecule has 0 atom stereocenters. The summed E-state index contributed by atoms with van der Waals surface area (Å²) in [5.41, 5.74) is 2.54. The zero-order chi connectivity index (χ0) is 16.1. The number of carbonyl (C=O) groups is 1. The fourth-order valence-corrected chi connectivity index (χ4v) is 3.00. The Labute approximate surface area is 136 Å². The lowest BCUT2D eigenvalue weighted by atomic mass is 9.97. The second-order valence-electron chi connectivity index (χ2n) is 5.95. The van der Waals surface area contributed by atoms with Gasteiger partial charge < -0.3 is 15.3 Å². The van der Waals surface area contributed by atoms with Gasteiger partial charge in [-0.15, -0.1) is 0 Å². The molecule has 3 rings (SSSR count). The number of para-hydroxylation sites is 2. The summed E-state index contributed by atoms with van der Waals surface area (Å²) in [6.07, 6.45) is 1.97. The largest absolute Gasteiger partial charge is 0.396 e. The molecule has 1 aliphatic heterocycles. The lowest BCUT2D eigenvalue weighted by Crippen LogP contribution is -2.35. The van der Waals surface area contributed by atoms with Gasteiger partial charge in [0.25, 0.3) is 5.91 Å². The van der Waals surface area contributed by atoms with Crippen LogP contribution in [0.15, 0.2) is 54.6 Å². The number of hydrogen-bond donors (Lipinski definition) is 2. The topological polar surface area (TPSA) is 52.6 Å². The Morgan fingerprint density at radius 3 is 2.39 bits per heavy atom. The second kappa shape index (κ2) is 7.29. The molecule has 23 heavy (non-hydrogen) atoms. The van der Waals surface area contributed by atoms with Crippen LogP contribution in [-0.4, -0.2) is 30.7 Å². The van der Waals surface area contributed by atoms with E-state index in [-0.39, 0.29) is 12.5 Å². The molecule has 0 spiro atoms. The predicted octanol–water partition coefficient (Wildman–Crippen LogP) is 3.15. The molecule has 2 aromatic carbocycles. The highest BCUT2D eigenvalue weighted by molar-refractivity contribution is 6.05. The third-order valence-corrected chi connectivity index (χ3v) is 4.40. The van der Waals surface area contributed by atoms with Gasteiger partial charge in [0, 0.05) is 25.3 Å². The molecule has 2 aromatic rings. The fourth-order valence-electron chi connectivity index (χ4n) is 3.00. The summed E-state index contributed by atoms with van der Waals surface area (Å²) in [4.78, 5) is 14.7. The number of aliphatic hydroxyl groups excluding tert-OH is 1. The molecule has 0 aliphatic carbocycles. The van der Waals surface area contributed by atoms with Gasteiger partial charge in [-0.2, -0.15) is 0 Å². The van der Waals surface area contributed by atoms with Gasteiger partial charge in [0.05, 0.1) is 11.4 Å². The van der Waals surface area contributed by atoms with Crippen LogP contribution in [0.3, 0.4) is 0 Å². The minimum absolute atomic E-state index is 0.0942. The first-order chi connectivity index (χ1) is 11.3. The summed E-state index contributed by atoms with van der Waals surface area (Å²) in [6.45, 7) is 2.08. The Balaban J connectivity index is 1.75. The van der Waals surface area contributed by atoms with Crippen LogP contribution in [0.1, 0.15) is 23.2 Å². The van der Waals surface area contributed by atoms with Crippen LogP contribution in [-0.2, 0) is 0 Å². The number of benzene rings is 2. The van der Waals surface area contributed by atoms with Gasteiger partial charge in [0.1, 0.15) is 0 Å². The van der Waals surface area contributed by atoms with Crippen LogP contribution in [0.5, 0.6) is 0 Å². The number of amides is 1. The highest BCUT2D eigenvalue weighted by Crippen LogP contribution is 2.30. The van der Waals surface area contributed by atoms with Crippen LogP contribution in [0.25, 0.3) is 0 Å². The molecular weight excluding hydrogens is 288 g/mol. The summed E-state index contributed by atoms with van der Waals surface area (Å²) in [5.74, 6) is 0.306. The van der Waals surface area contributed by atoms with E-state index < -0.39 is 0 Å². The maximum absolute atomic E-state index is 12.4. The van der Waals surface area contributed by atoms with E-state index in [1.54, 1.807) is 0 Å². The molecule has 0 saturated carbocycles. The Morgan fingerprint density at radius 2 is 1.70 bits per heavy atom. The molecule has 1 aliphatic rings. The third-order valence-electron chi connectivity index (χ3n) is 4.40. The first-order valence-electron chi connectivity index (χ1n) is 8.09. The number of hydrogen-bond acceptors (Lipinski definition) is 3.